The van der Waals surface area contributed by atoms with Gasteiger partial charge in [-0.05, 0) is 12.8 Å². The molecule has 0 atom stereocenters. The van der Waals surface area contributed by atoms with Crippen molar-refractivity contribution in [3.8, 4) is 0 Å². The van der Waals surface area contributed by atoms with Crippen LogP contribution in [0.5, 0.6) is 0 Å². The topological polar surface area (TPSA) is 58.2 Å². The van der Waals surface area contributed by atoms with E-state index in [4.69, 9.17) is 0 Å². The molecule has 72 valence electrons. The second-order valence-corrected chi connectivity index (χ2v) is 4.58. The average Bonchev–Trinajstić information content (AvgIpc) is 2.84. The van der Waals surface area contributed by atoms with E-state index in [0.29, 0.717) is 10.6 Å². The summed E-state index contributed by atoms with van der Waals surface area (Å²) in [6, 6.07) is 0. The zero-order valence-electron chi connectivity index (χ0n) is 7.29. The molecular formula is C9H8N2O2S. The van der Waals surface area contributed by atoms with E-state index in [-0.39, 0.29) is 11.4 Å². The molecule has 1 amide bonds. The zero-order valence-corrected chi connectivity index (χ0v) is 8.11. The van der Waals surface area contributed by atoms with Crippen LogP contribution in [0.2, 0.25) is 0 Å². The first-order valence-corrected chi connectivity index (χ1v) is 5.29. The van der Waals surface area contributed by atoms with Crippen LogP contribution in [0.1, 0.15) is 22.5 Å². The minimum Gasteiger partial charge on any atom is -0.369 e. The first kappa shape index (κ1) is 7.99. The number of rotatable bonds is 1. The highest BCUT2D eigenvalue weighted by Gasteiger charge is 2.52. The first-order chi connectivity index (χ1) is 6.75. The number of amides is 1. The van der Waals surface area contributed by atoms with E-state index in [2.05, 4.69) is 10.6 Å². The molecule has 4 nitrogen and oxygen atoms in total. The number of carbonyl (C=O) groups is 2. The van der Waals surface area contributed by atoms with Gasteiger partial charge in [-0.3, -0.25) is 9.59 Å². The molecule has 0 aromatic carbocycles. The van der Waals surface area contributed by atoms with Crippen molar-refractivity contribution >= 4 is 34.9 Å². The Morgan fingerprint density at radius 3 is 2.93 bits per heavy atom. The molecule has 2 heterocycles. The molecule has 2 aliphatic rings. The number of nitrogens with one attached hydrogen (secondary N) is 2. The van der Waals surface area contributed by atoms with Crippen LogP contribution in [0.4, 0.5) is 11.4 Å². The highest BCUT2D eigenvalue weighted by molar-refractivity contribution is 7.13. The molecule has 1 fully saturated rings. The highest BCUT2D eigenvalue weighted by atomic mass is 32.1. The van der Waals surface area contributed by atoms with E-state index < -0.39 is 0 Å². The third kappa shape index (κ3) is 0.874. The summed E-state index contributed by atoms with van der Waals surface area (Å²) < 4.78 is 0. The van der Waals surface area contributed by atoms with Gasteiger partial charge in [-0.2, -0.15) is 0 Å². The lowest BCUT2D eigenvalue weighted by atomic mass is 10.1. The Labute approximate surface area is 84.3 Å². The van der Waals surface area contributed by atoms with Crippen LogP contribution in [0.3, 0.4) is 0 Å². The molecule has 0 radical (unpaired) electrons. The number of fused-ring (bicyclic) bond motifs is 1. The van der Waals surface area contributed by atoms with Gasteiger partial charge in [-0.1, -0.05) is 0 Å². The Balaban J connectivity index is 2.08. The fourth-order valence-electron chi connectivity index (χ4n) is 1.71. The Hall–Kier alpha value is -1.36. The molecule has 3 rings (SSSR count). The summed E-state index contributed by atoms with van der Waals surface area (Å²) in [4.78, 5) is 22.9. The molecule has 1 spiro atoms. The van der Waals surface area contributed by atoms with Crippen molar-refractivity contribution in [2.75, 3.05) is 10.6 Å². The van der Waals surface area contributed by atoms with Gasteiger partial charge in [0.25, 0.3) is 0 Å². The maximum atomic E-state index is 11.6. The molecule has 0 unspecified atom stereocenters. The van der Waals surface area contributed by atoms with Gasteiger partial charge >= 0.3 is 0 Å². The molecule has 1 aromatic rings. The molecule has 1 aromatic heterocycles. The smallest absolute Gasteiger partial charge is 0.250 e. The first-order valence-electron chi connectivity index (χ1n) is 4.41. The number of anilines is 2. The lowest BCUT2D eigenvalue weighted by molar-refractivity contribution is -0.117. The van der Waals surface area contributed by atoms with Gasteiger partial charge in [-0.25, -0.2) is 0 Å². The van der Waals surface area contributed by atoms with Crippen molar-refractivity contribution in [3.63, 3.8) is 0 Å². The summed E-state index contributed by atoms with van der Waals surface area (Å²) in [7, 11) is 0. The van der Waals surface area contributed by atoms with Crippen molar-refractivity contribution in [3.05, 3.63) is 10.3 Å². The standard InChI is InChI=1S/C9H8N2O2S/c12-3-6-7-5(4-14-6)11-9(1-2-9)8(13)10-7/h3-4,11H,1-2H2,(H,10,13). The maximum Gasteiger partial charge on any atom is 0.250 e. The predicted molar refractivity (Wildman–Crippen MR) is 53.9 cm³/mol. The van der Waals surface area contributed by atoms with Crippen molar-refractivity contribution < 1.29 is 9.59 Å². The van der Waals surface area contributed by atoms with Crippen LogP contribution in [0.15, 0.2) is 5.38 Å². The van der Waals surface area contributed by atoms with Crippen molar-refractivity contribution in [1.82, 2.24) is 0 Å². The molecule has 5 heteroatoms. The number of hydrogen-bond donors (Lipinski definition) is 2. The van der Waals surface area contributed by atoms with Gasteiger partial charge in [0.1, 0.15) is 5.54 Å². The zero-order chi connectivity index (χ0) is 9.76. The number of hydrogen-bond acceptors (Lipinski definition) is 4. The minimum absolute atomic E-state index is 0.00787. The third-order valence-electron chi connectivity index (χ3n) is 2.72. The molecule has 14 heavy (non-hydrogen) atoms. The van der Waals surface area contributed by atoms with Crippen LogP contribution in [-0.4, -0.2) is 17.7 Å². The summed E-state index contributed by atoms with van der Waals surface area (Å²) in [5.41, 5.74) is 1.16. The van der Waals surface area contributed by atoms with Crippen molar-refractivity contribution in [1.29, 1.82) is 0 Å². The van der Waals surface area contributed by atoms with E-state index in [1.165, 1.54) is 11.3 Å². The Kier molecular flexibility index (Phi) is 1.35. The van der Waals surface area contributed by atoms with Crippen LogP contribution in [-0.2, 0) is 4.79 Å². The number of aldehydes is 1. The third-order valence-corrected chi connectivity index (χ3v) is 3.63. The molecule has 1 aliphatic heterocycles. The largest absolute Gasteiger partial charge is 0.369 e. The Morgan fingerprint density at radius 2 is 2.29 bits per heavy atom. The normalized spacial score (nSPS) is 21.0. The van der Waals surface area contributed by atoms with Crippen LogP contribution in [0, 0.1) is 0 Å². The van der Waals surface area contributed by atoms with E-state index in [1.54, 1.807) is 0 Å². The van der Waals surface area contributed by atoms with E-state index in [1.807, 2.05) is 5.38 Å². The van der Waals surface area contributed by atoms with E-state index in [0.717, 1.165) is 24.8 Å². The second kappa shape index (κ2) is 2.36. The fraction of sp³-hybridized carbons (Fsp3) is 0.333. The summed E-state index contributed by atoms with van der Waals surface area (Å²) in [5, 5.41) is 7.85. The summed E-state index contributed by atoms with van der Waals surface area (Å²) in [5.74, 6) is -0.00787. The highest BCUT2D eigenvalue weighted by Crippen LogP contribution is 2.47. The van der Waals surface area contributed by atoms with Crippen molar-refractivity contribution in [2.24, 2.45) is 0 Å². The second-order valence-electron chi connectivity index (χ2n) is 3.67. The quantitative estimate of drug-likeness (QED) is 0.687. The maximum absolute atomic E-state index is 11.6. The summed E-state index contributed by atoms with van der Waals surface area (Å²) >= 11 is 1.35. The molecular weight excluding hydrogens is 200 g/mol. The SMILES string of the molecule is O=Cc1scc2c1NC(=O)C1(CC1)N2. The fourth-order valence-corrected chi connectivity index (χ4v) is 2.46. The summed E-state index contributed by atoms with van der Waals surface area (Å²) in [6.07, 6.45) is 2.53. The minimum atomic E-state index is -0.367. The molecule has 1 aliphatic carbocycles. The Morgan fingerprint density at radius 1 is 1.50 bits per heavy atom. The number of thiophene rings is 1. The van der Waals surface area contributed by atoms with Gasteiger partial charge in [0.05, 0.1) is 16.3 Å². The van der Waals surface area contributed by atoms with Crippen LogP contribution in [0.25, 0.3) is 0 Å². The molecule has 2 N–H and O–H groups in total. The Bertz CT molecular complexity index is 434. The molecule has 1 saturated carbocycles. The predicted octanol–water partition coefficient (Wildman–Crippen LogP) is 1.46. The van der Waals surface area contributed by atoms with E-state index in [9.17, 15) is 9.59 Å². The van der Waals surface area contributed by atoms with Gasteiger partial charge < -0.3 is 10.6 Å². The molecule has 0 bridgehead atoms. The molecule has 0 saturated heterocycles. The van der Waals surface area contributed by atoms with Gasteiger partial charge in [-0.15, -0.1) is 11.3 Å². The van der Waals surface area contributed by atoms with Crippen molar-refractivity contribution in [2.45, 2.75) is 18.4 Å². The van der Waals surface area contributed by atoms with Gasteiger partial charge in [0.15, 0.2) is 6.29 Å². The van der Waals surface area contributed by atoms with Crippen LogP contribution < -0.4 is 10.6 Å². The van der Waals surface area contributed by atoms with Gasteiger partial charge in [0, 0.05) is 5.38 Å². The lowest BCUT2D eigenvalue weighted by Gasteiger charge is -2.24. The monoisotopic (exact) mass is 208 g/mol. The van der Waals surface area contributed by atoms with Crippen LogP contribution >= 0.6 is 11.3 Å². The lowest BCUT2D eigenvalue weighted by Crippen LogP contribution is -2.40. The summed E-state index contributed by atoms with van der Waals surface area (Å²) in [6.45, 7) is 0. The van der Waals surface area contributed by atoms with Gasteiger partial charge in [0.2, 0.25) is 5.91 Å². The average molecular weight is 208 g/mol. The number of carbonyl (C=O) groups excluding carboxylic acids is 2. The van der Waals surface area contributed by atoms with E-state index >= 15 is 0 Å².